The summed E-state index contributed by atoms with van der Waals surface area (Å²) >= 11 is 5.85. The lowest BCUT2D eigenvalue weighted by molar-refractivity contribution is -0.131. The van der Waals surface area contributed by atoms with E-state index in [2.05, 4.69) is 11.7 Å². The number of aliphatic carboxylic acids is 1. The molecule has 5 nitrogen and oxygen atoms in total. The van der Waals surface area contributed by atoms with Crippen molar-refractivity contribution in [2.75, 3.05) is 5.01 Å². The summed E-state index contributed by atoms with van der Waals surface area (Å²) in [5, 5.41) is 10.4. The number of benzene rings is 1. The summed E-state index contributed by atoms with van der Waals surface area (Å²) < 4.78 is 0. The van der Waals surface area contributed by atoms with Gasteiger partial charge in [0.2, 0.25) is 0 Å². The quantitative estimate of drug-likeness (QED) is 0.371. The van der Waals surface area contributed by atoms with Gasteiger partial charge in [-0.1, -0.05) is 11.6 Å². The highest BCUT2D eigenvalue weighted by Gasteiger charge is 2.05. The van der Waals surface area contributed by atoms with Crippen molar-refractivity contribution in [1.82, 2.24) is 0 Å². The van der Waals surface area contributed by atoms with Crippen LogP contribution in [0.5, 0.6) is 0 Å². The van der Waals surface area contributed by atoms with Gasteiger partial charge in [-0.25, -0.2) is 10.6 Å². The molecule has 0 radical (unpaired) electrons. The fraction of sp³-hybridized carbons (Fsp3) is 0. The maximum Gasteiger partial charge on any atom is 0.328 e. The molecule has 0 heterocycles. The van der Waals surface area contributed by atoms with Crippen LogP contribution in [0.1, 0.15) is 5.56 Å². The smallest absolute Gasteiger partial charge is 0.328 e. The highest BCUT2D eigenvalue weighted by molar-refractivity contribution is 6.30. The van der Waals surface area contributed by atoms with Gasteiger partial charge in [-0.15, -0.1) is 0 Å². The minimum absolute atomic E-state index is 0.489. The molecule has 3 N–H and O–H groups in total. The maximum atomic E-state index is 10.5. The van der Waals surface area contributed by atoms with Gasteiger partial charge in [-0.05, 0) is 31.0 Å². The Morgan fingerprint density at radius 2 is 2.28 bits per heavy atom. The van der Waals surface area contributed by atoms with Crippen molar-refractivity contribution in [2.24, 2.45) is 10.8 Å². The van der Waals surface area contributed by atoms with Crippen LogP contribution in [0.3, 0.4) is 0 Å². The molecule has 6 heteroatoms. The third kappa shape index (κ3) is 4.04. The summed E-state index contributed by atoms with van der Waals surface area (Å²) in [7, 11) is 0. The molecule has 0 amide bonds. The van der Waals surface area contributed by atoms with Gasteiger partial charge in [0, 0.05) is 29.1 Å². The van der Waals surface area contributed by atoms with E-state index in [-0.39, 0.29) is 0 Å². The van der Waals surface area contributed by atoms with Crippen LogP contribution in [0, 0.1) is 0 Å². The summed E-state index contributed by atoms with van der Waals surface area (Å²) in [4.78, 5) is 14.0. The summed E-state index contributed by atoms with van der Waals surface area (Å²) in [6.45, 7) is 3.29. The molecule has 0 atom stereocenters. The molecular formula is C12H12ClN3O2. The maximum absolute atomic E-state index is 10.5. The third-order valence-corrected chi connectivity index (χ3v) is 2.24. The first-order chi connectivity index (χ1) is 8.54. The van der Waals surface area contributed by atoms with E-state index in [1.165, 1.54) is 23.5 Å². The van der Waals surface area contributed by atoms with Gasteiger partial charge in [0.05, 0.1) is 5.69 Å². The first-order valence-electron chi connectivity index (χ1n) is 4.91. The molecule has 0 spiro atoms. The van der Waals surface area contributed by atoms with Crippen molar-refractivity contribution in [1.29, 1.82) is 0 Å². The average molecular weight is 266 g/mol. The number of halogens is 1. The van der Waals surface area contributed by atoms with E-state index in [1.54, 1.807) is 18.2 Å². The van der Waals surface area contributed by atoms with E-state index >= 15 is 0 Å². The minimum Gasteiger partial charge on any atom is -0.478 e. The molecule has 18 heavy (non-hydrogen) atoms. The standard InChI is InChI=1S/C12H12ClN3O2/c1-15-6-7-16(14)11-4-3-10(13)8-9(11)2-5-12(17)18/h2-8H,1,14H2,(H,17,18)/b5-2+,7-6-. The number of hydrazine groups is 1. The van der Waals surface area contributed by atoms with Crippen LogP contribution >= 0.6 is 11.6 Å². The van der Waals surface area contributed by atoms with Crippen molar-refractivity contribution in [3.63, 3.8) is 0 Å². The van der Waals surface area contributed by atoms with Crippen LogP contribution in [0.2, 0.25) is 5.02 Å². The van der Waals surface area contributed by atoms with Crippen LogP contribution in [0.25, 0.3) is 6.08 Å². The number of carboxylic acids is 1. The highest BCUT2D eigenvalue weighted by atomic mass is 35.5. The molecule has 0 bridgehead atoms. The molecule has 0 aromatic heterocycles. The summed E-state index contributed by atoms with van der Waals surface area (Å²) in [6, 6.07) is 4.95. The molecule has 0 saturated carbocycles. The van der Waals surface area contributed by atoms with E-state index in [1.807, 2.05) is 0 Å². The Bertz CT molecular complexity index is 512. The predicted molar refractivity (Wildman–Crippen MR) is 73.5 cm³/mol. The monoisotopic (exact) mass is 265 g/mol. The topological polar surface area (TPSA) is 78.9 Å². The number of anilines is 1. The lowest BCUT2D eigenvalue weighted by Gasteiger charge is -2.16. The lowest BCUT2D eigenvalue weighted by atomic mass is 10.1. The fourth-order valence-electron chi connectivity index (χ4n) is 1.25. The Balaban J connectivity index is 3.14. The summed E-state index contributed by atoms with van der Waals surface area (Å²) in [6.07, 6.45) is 5.34. The molecule has 94 valence electrons. The molecule has 0 aliphatic heterocycles. The van der Waals surface area contributed by atoms with Gasteiger partial charge in [0.15, 0.2) is 0 Å². The molecule has 0 unspecified atom stereocenters. The molecule has 1 aromatic carbocycles. The highest BCUT2D eigenvalue weighted by Crippen LogP contribution is 2.24. The van der Waals surface area contributed by atoms with E-state index in [0.29, 0.717) is 16.3 Å². The van der Waals surface area contributed by atoms with E-state index in [9.17, 15) is 4.79 Å². The number of hydrogen-bond donors (Lipinski definition) is 2. The molecular weight excluding hydrogens is 254 g/mol. The zero-order valence-corrected chi connectivity index (χ0v) is 10.2. The normalized spacial score (nSPS) is 11.0. The van der Waals surface area contributed by atoms with Crippen molar-refractivity contribution >= 4 is 36.1 Å². The zero-order chi connectivity index (χ0) is 13.5. The van der Waals surface area contributed by atoms with E-state index in [0.717, 1.165) is 6.08 Å². The van der Waals surface area contributed by atoms with Crippen LogP contribution < -0.4 is 10.9 Å². The molecule has 1 rings (SSSR count). The number of rotatable bonds is 5. The van der Waals surface area contributed by atoms with Gasteiger partial charge >= 0.3 is 5.97 Å². The van der Waals surface area contributed by atoms with Gasteiger partial charge in [-0.3, -0.25) is 10.0 Å². The predicted octanol–water partition coefficient (Wildman–Crippen LogP) is 2.29. The van der Waals surface area contributed by atoms with Crippen LogP contribution in [-0.2, 0) is 4.79 Å². The molecule has 0 aliphatic carbocycles. The van der Waals surface area contributed by atoms with E-state index < -0.39 is 5.97 Å². The second-order valence-corrected chi connectivity index (χ2v) is 3.70. The van der Waals surface area contributed by atoms with E-state index in [4.69, 9.17) is 22.6 Å². The zero-order valence-electron chi connectivity index (χ0n) is 9.45. The largest absolute Gasteiger partial charge is 0.478 e. The second kappa shape index (κ2) is 6.58. The average Bonchev–Trinajstić information content (AvgIpc) is 2.33. The van der Waals surface area contributed by atoms with Gasteiger partial charge < -0.3 is 5.11 Å². The summed E-state index contributed by atoms with van der Waals surface area (Å²) in [5.74, 6) is 4.72. The Morgan fingerprint density at radius 3 is 2.89 bits per heavy atom. The molecule has 0 saturated heterocycles. The molecule has 0 fully saturated rings. The third-order valence-electron chi connectivity index (χ3n) is 2.01. The van der Waals surface area contributed by atoms with Crippen molar-refractivity contribution in [3.05, 3.63) is 47.3 Å². The number of nitrogens with two attached hydrogens (primary N) is 1. The van der Waals surface area contributed by atoms with Crippen LogP contribution in [0.4, 0.5) is 5.69 Å². The first kappa shape index (κ1) is 14.0. The van der Waals surface area contributed by atoms with Crippen LogP contribution in [0.15, 0.2) is 41.7 Å². The van der Waals surface area contributed by atoms with Gasteiger partial charge in [-0.2, -0.15) is 0 Å². The Morgan fingerprint density at radius 1 is 1.56 bits per heavy atom. The SMILES string of the molecule is C=N/C=C\N(N)c1ccc(Cl)cc1/C=C/C(=O)O. The van der Waals surface area contributed by atoms with Gasteiger partial charge in [0.1, 0.15) is 0 Å². The number of nitrogens with zero attached hydrogens (tertiary/aromatic N) is 2. The van der Waals surface area contributed by atoms with Gasteiger partial charge in [0.25, 0.3) is 0 Å². The molecule has 0 aliphatic rings. The number of carbonyl (C=O) groups is 1. The number of carboxylic acid groups (broad SMARTS) is 1. The number of aliphatic imine (C=N–C) groups is 1. The molecule has 1 aromatic rings. The Hall–Kier alpha value is -2.11. The second-order valence-electron chi connectivity index (χ2n) is 3.26. The summed E-state index contributed by atoms with van der Waals surface area (Å²) in [5.41, 5.74) is 1.18. The van der Waals surface area contributed by atoms with Crippen molar-refractivity contribution in [3.8, 4) is 0 Å². The van der Waals surface area contributed by atoms with Crippen LogP contribution in [-0.4, -0.2) is 17.8 Å². The number of hydrogen-bond acceptors (Lipinski definition) is 4. The fourth-order valence-corrected chi connectivity index (χ4v) is 1.43. The Labute approximate surface area is 109 Å². The lowest BCUT2D eigenvalue weighted by Crippen LogP contribution is -2.24. The van der Waals surface area contributed by atoms with Crippen molar-refractivity contribution < 1.29 is 9.90 Å². The first-order valence-corrected chi connectivity index (χ1v) is 5.29. The minimum atomic E-state index is -1.05. The van der Waals surface area contributed by atoms with Crippen molar-refractivity contribution in [2.45, 2.75) is 0 Å². The Kier molecular flexibility index (Phi) is 5.10.